The fourth-order valence-corrected chi connectivity index (χ4v) is 5.16. The van der Waals surface area contributed by atoms with E-state index in [1.807, 2.05) is 17.0 Å². The van der Waals surface area contributed by atoms with E-state index in [0.29, 0.717) is 25.0 Å². The van der Waals surface area contributed by atoms with Gasteiger partial charge in [-0.2, -0.15) is 13.2 Å². The first-order valence-electron chi connectivity index (χ1n) is 11.7. The highest BCUT2D eigenvalue weighted by atomic mass is 19.4. The zero-order valence-corrected chi connectivity index (χ0v) is 18.8. The number of fused-ring (bicyclic) bond motifs is 2. The molecule has 1 aromatic heterocycles. The molecule has 11 heteroatoms. The van der Waals surface area contributed by atoms with Crippen LogP contribution in [0.3, 0.4) is 0 Å². The Balaban J connectivity index is 0.000000344. The summed E-state index contributed by atoms with van der Waals surface area (Å²) in [6, 6.07) is 4.18. The van der Waals surface area contributed by atoms with Crippen LogP contribution in [0, 0.1) is 5.92 Å². The van der Waals surface area contributed by atoms with Gasteiger partial charge in [0, 0.05) is 31.9 Å². The Labute approximate surface area is 195 Å². The van der Waals surface area contributed by atoms with Crippen LogP contribution >= 0.6 is 0 Å². The number of carboxylic acids is 1. The van der Waals surface area contributed by atoms with Crippen LogP contribution in [0.25, 0.3) is 0 Å². The number of hydrogen-bond donors (Lipinski definition) is 2. The first kappa shape index (κ1) is 24.3. The van der Waals surface area contributed by atoms with Gasteiger partial charge < -0.3 is 20.2 Å². The summed E-state index contributed by atoms with van der Waals surface area (Å²) in [5.41, 5.74) is 1.38. The Morgan fingerprint density at radius 1 is 1.15 bits per heavy atom. The normalized spacial score (nSPS) is 21.8. The van der Waals surface area contributed by atoms with Crippen LogP contribution in [0.5, 0.6) is 0 Å². The summed E-state index contributed by atoms with van der Waals surface area (Å²) in [5.74, 6) is -1.98. The number of nitrogens with zero attached hydrogens (tertiary/aromatic N) is 3. The molecule has 0 atom stereocenters. The van der Waals surface area contributed by atoms with Gasteiger partial charge in [0.1, 0.15) is 0 Å². The van der Waals surface area contributed by atoms with E-state index in [1.165, 1.54) is 25.7 Å². The molecule has 0 bridgehead atoms. The molecule has 186 valence electrons. The maximum atomic E-state index is 13.1. The predicted molar refractivity (Wildman–Crippen MR) is 115 cm³/mol. The molecule has 8 nitrogen and oxygen atoms in total. The van der Waals surface area contributed by atoms with Gasteiger partial charge in [0.05, 0.1) is 16.8 Å². The molecule has 0 unspecified atom stereocenters. The molecule has 1 saturated heterocycles. The van der Waals surface area contributed by atoms with Gasteiger partial charge in [-0.25, -0.2) is 9.59 Å². The van der Waals surface area contributed by atoms with E-state index in [1.54, 1.807) is 6.20 Å². The van der Waals surface area contributed by atoms with Crippen molar-refractivity contribution >= 4 is 17.9 Å². The quantitative estimate of drug-likeness (QED) is 0.686. The maximum absolute atomic E-state index is 13.1. The summed E-state index contributed by atoms with van der Waals surface area (Å²) in [5, 5.41) is 10.3. The number of alkyl halides is 3. The molecule has 0 radical (unpaired) electrons. The minimum absolute atomic E-state index is 0.0658. The number of rotatable bonds is 3. The van der Waals surface area contributed by atoms with Gasteiger partial charge in [0.25, 0.3) is 5.91 Å². The fraction of sp³-hybridized carbons (Fsp3) is 0.652. The molecule has 3 fully saturated rings. The zero-order valence-electron chi connectivity index (χ0n) is 18.8. The third kappa shape index (κ3) is 4.97. The predicted octanol–water partition coefficient (Wildman–Crippen LogP) is 3.52. The Kier molecular flexibility index (Phi) is 6.73. The summed E-state index contributed by atoms with van der Waals surface area (Å²) in [7, 11) is 0. The largest absolute Gasteiger partial charge is 0.490 e. The standard InChI is InChI=1S/C21H28N4O2.C2HF3O2/c26-19-17-6-3-11-22-18(17)21(25(19)14-15-7-8-15)9-12-24(13-10-21)20(27)23-16-4-1-2-5-16;3-2(4,5)1(6)7/h3,6,11,15-16H,1-2,4-5,7-10,12-14H2,(H,23,27);(H,6,7). The number of aromatic nitrogens is 1. The highest BCUT2D eigenvalue weighted by Crippen LogP contribution is 2.47. The van der Waals surface area contributed by atoms with Gasteiger partial charge in [-0.3, -0.25) is 9.78 Å². The molecule has 1 aromatic rings. The molecule has 2 aliphatic heterocycles. The van der Waals surface area contributed by atoms with Crippen LogP contribution in [0.15, 0.2) is 18.3 Å². The van der Waals surface area contributed by atoms with Crippen molar-refractivity contribution in [2.24, 2.45) is 5.92 Å². The average molecular weight is 483 g/mol. The molecule has 34 heavy (non-hydrogen) atoms. The summed E-state index contributed by atoms with van der Waals surface area (Å²) < 4.78 is 31.7. The average Bonchev–Trinajstić information content (AvgIpc) is 3.44. The number of likely N-dealkylation sites (tertiary alicyclic amines) is 1. The number of aliphatic carboxylic acids is 1. The van der Waals surface area contributed by atoms with Gasteiger partial charge in [-0.1, -0.05) is 12.8 Å². The highest BCUT2D eigenvalue weighted by molar-refractivity contribution is 5.99. The topological polar surface area (TPSA) is 103 Å². The fourth-order valence-electron chi connectivity index (χ4n) is 5.16. The smallest absolute Gasteiger partial charge is 0.475 e. The first-order chi connectivity index (χ1) is 16.1. The van der Waals surface area contributed by atoms with E-state index < -0.39 is 12.1 Å². The minimum Gasteiger partial charge on any atom is -0.475 e. The Morgan fingerprint density at radius 3 is 2.32 bits per heavy atom. The van der Waals surface area contributed by atoms with E-state index in [9.17, 15) is 22.8 Å². The molecule has 4 aliphatic rings. The summed E-state index contributed by atoms with van der Waals surface area (Å²) in [6.45, 7) is 2.20. The second kappa shape index (κ2) is 9.42. The number of piperidine rings is 1. The van der Waals surface area contributed by atoms with Gasteiger partial charge in [0.2, 0.25) is 0 Å². The molecular weight excluding hydrogens is 453 g/mol. The van der Waals surface area contributed by atoms with Crippen molar-refractivity contribution in [3.63, 3.8) is 0 Å². The summed E-state index contributed by atoms with van der Waals surface area (Å²) in [4.78, 5) is 43.3. The van der Waals surface area contributed by atoms with Crippen molar-refractivity contribution in [1.82, 2.24) is 20.1 Å². The molecule has 2 N–H and O–H groups in total. The highest BCUT2D eigenvalue weighted by Gasteiger charge is 2.53. The van der Waals surface area contributed by atoms with Gasteiger partial charge >= 0.3 is 18.2 Å². The summed E-state index contributed by atoms with van der Waals surface area (Å²) >= 11 is 0. The monoisotopic (exact) mass is 482 g/mol. The lowest BCUT2D eigenvalue weighted by atomic mass is 9.83. The number of halogens is 3. The number of carbonyl (C=O) groups excluding carboxylic acids is 2. The van der Waals surface area contributed by atoms with Crippen molar-refractivity contribution in [1.29, 1.82) is 0 Å². The van der Waals surface area contributed by atoms with Gasteiger partial charge in [-0.05, 0) is 56.6 Å². The van der Waals surface area contributed by atoms with E-state index >= 15 is 0 Å². The number of carbonyl (C=O) groups is 3. The zero-order chi connectivity index (χ0) is 24.5. The molecule has 3 heterocycles. The number of pyridine rings is 1. The lowest BCUT2D eigenvalue weighted by Gasteiger charge is -2.45. The van der Waals surface area contributed by atoms with E-state index in [4.69, 9.17) is 9.90 Å². The summed E-state index contributed by atoms with van der Waals surface area (Å²) in [6.07, 6.45) is 5.37. The van der Waals surface area contributed by atoms with Crippen molar-refractivity contribution < 1.29 is 32.7 Å². The Hall–Kier alpha value is -2.85. The first-order valence-corrected chi connectivity index (χ1v) is 11.7. The van der Waals surface area contributed by atoms with Crippen LogP contribution in [0.1, 0.15) is 67.4 Å². The van der Waals surface area contributed by atoms with Crippen molar-refractivity contribution in [3.05, 3.63) is 29.6 Å². The van der Waals surface area contributed by atoms with Gasteiger partial charge in [-0.15, -0.1) is 0 Å². The molecule has 0 aromatic carbocycles. The van der Waals surface area contributed by atoms with Crippen LogP contribution in [-0.2, 0) is 10.3 Å². The number of nitrogens with one attached hydrogen (secondary N) is 1. The number of urea groups is 1. The van der Waals surface area contributed by atoms with Crippen molar-refractivity contribution in [2.45, 2.75) is 69.1 Å². The number of carboxylic acid groups (broad SMARTS) is 1. The molecule has 5 rings (SSSR count). The molecular formula is C23H29F3N4O4. The minimum atomic E-state index is -5.08. The molecule has 1 spiro atoms. The van der Waals surface area contributed by atoms with Crippen LogP contribution < -0.4 is 5.32 Å². The lowest BCUT2D eigenvalue weighted by Crippen LogP contribution is -2.55. The van der Waals surface area contributed by atoms with E-state index in [-0.39, 0.29) is 17.5 Å². The SMILES string of the molecule is O=C(NC1CCCC1)N1CCC2(CC1)c1ncccc1C(=O)N2CC1CC1.O=C(O)C(F)(F)F. The maximum Gasteiger partial charge on any atom is 0.490 e. The van der Waals surface area contributed by atoms with Crippen LogP contribution in [0.2, 0.25) is 0 Å². The van der Waals surface area contributed by atoms with E-state index in [2.05, 4.69) is 15.2 Å². The van der Waals surface area contributed by atoms with Crippen LogP contribution in [0.4, 0.5) is 18.0 Å². The number of hydrogen-bond acceptors (Lipinski definition) is 4. The van der Waals surface area contributed by atoms with Crippen molar-refractivity contribution in [2.75, 3.05) is 19.6 Å². The lowest BCUT2D eigenvalue weighted by molar-refractivity contribution is -0.192. The second-order valence-corrected chi connectivity index (χ2v) is 9.51. The molecule has 3 amide bonds. The Bertz CT molecular complexity index is 936. The van der Waals surface area contributed by atoms with Gasteiger partial charge in [0.15, 0.2) is 0 Å². The third-order valence-electron chi connectivity index (χ3n) is 7.18. The van der Waals surface area contributed by atoms with Crippen molar-refractivity contribution in [3.8, 4) is 0 Å². The third-order valence-corrected chi connectivity index (χ3v) is 7.18. The number of amides is 3. The van der Waals surface area contributed by atoms with E-state index in [0.717, 1.165) is 43.5 Å². The molecule has 2 aliphatic carbocycles. The second-order valence-electron chi connectivity index (χ2n) is 9.51. The van der Waals surface area contributed by atoms with Crippen LogP contribution in [-0.4, -0.2) is 69.7 Å². The molecule has 2 saturated carbocycles. The Morgan fingerprint density at radius 2 is 1.76 bits per heavy atom.